The quantitative estimate of drug-likeness (QED) is 0.0885. The number of alkyl carbamates (subject to hydrolysis) is 1. The van der Waals surface area contributed by atoms with Crippen LogP contribution in [0.15, 0.2) is 42.3 Å². The number of anilines is 1. The Morgan fingerprint density at radius 2 is 1.75 bits per heavy atom. The Morgan fingerprint density at radius 1 is 1.05 bits per heavy atom. The Labute approximate surface area is 361 Å². The third-order valence-corrected chi connectivity index (χ3v) is 14.8. The fourth-order valence-electron chi connectivity index (χ4n) is 7.89. The van der Waals surface area contributed by atoms with Gasteiger partial charge in [0.15, 0.2) is 5.13 Å². The van der Waals surface area contributed by atoms with Crippen LogP contribution in [0.2, 0.25) is 0 Å². The first-order valence-electron chi connectivity index (χ1n) is 21.0. The van der Waals surface area contributed by atoms with Crippen molar-refractivity contribution in [3.05, 3.63) is 42.3 Å². The zero-order valence-electron chi connectivity index (χ0n) is 36.3. The highest BCUT2D eigenvalue weighted by atomic mass is 32.1. The summed E-state index contributed by atoms with van der Waals surface area (Å²) in [5.41, 5.74) is 0.707. The molecule has 332 valence electrons. The predicted molar refractivity (Wildman–Crippen MR) is 233 cm³/mol. The lowest BCUT2D eigenvalue weighted by molar-refractivity contribution is -0.142. The topological polar surface area (TPSA) is 197 Å². The fourth-order valence-corrected chi connectivity index (χ4v) is 11.0. The third kappa shape index (κ3) is 10.1. The summed E-state index contributed by atoms with van der Waals surface area (Å²) < 4.78 is 43.8. The average Bonchev–Trinajstić information content (AvgIpc) is 3.62. The highest BCUT2D eigenvalue weighted by Crippen LogP contribution is 2.72. The van der Waals surface area contributed by atoms with Gasteiger partial charge in [-0.2, -0.15) is 0 Å². The third-order valence-electron chi connectivity index (χ3n) is 11.3. The number of methoxy groups -OCH3 is 1. The molecule has 16 nitrogen and oxygen atoms in total. The van der Waals surface area contributed by atoms with Crippen molar-refractivity contribution in [1.82, 2.24) is 25.5 Å². The highest BCUT2D eigenvalue weighted by Gasteiger charge is 2.68. The van der Waals surface area contributed by atoms with E-state index in [1.54, 1.807) is 64.5 Å². The van der Waals surface area contributed by atoms with Gasteiger partial charge in [-0.1, -0.05) is 40.7 Å². The first-order chi connectivity index (χ1) is 28.9. The highest BCUT2D eigenvalue weighted by molar-refractivity contribution is 7.56. The largest absolute Gasteiger partial charge is 0.497 e. The number of likely N-dealkylation sites (tertiary alicyclic amines) is 1. The van der Waals surface area contributed by atoms with Crippen LogP contribution in [0.4, 0.5) is 9.93 Å². The molecule has 2 saturated carbocycles. The number of carbonyl (C=O) groups is 4. The molecule has 0 spiro atoms. The van der Waals surface area contributed by atoms with Crippen LogP contribution in [-0.2, 0) is 32.7 Å². The van der Waals surface area contributed by atoms with Crippen molar-refractivity contribution in [3.63, 3.8) is 0 Å². The van der Waals surface area contributed by atoms with Crippen molar-refractivity contribution >= 4 is 58.8 Å². The van der Waals surface area contributed by atoms with Crippen LogP contribution >= 0.6 is 18.9 Å². The summed E-state index contributed by atoms with van der Waals surface area (Å²) >= 11 is 1.26. The van der Waals surface area contributed by atoms with Crippen molar-refractivity contribution in [2.24, 2.45) is 17.3 Å². The minimum absolute atomic E-state index is 0.0350. The summed E-state index contributed by atoms with van der Waals surface area (Å²) in [6.45, 7) is 16.5. The molecule has 5 atom stereocenters. The molecule has 3 heterocycles. The molecule has 61 heavy (non-hydrogen) atoms. The Balaban J connectivity index is 1.35. The lowest BCUT2D eigenvalue weighted by atomic mass is 9.85. The number of hydrogen-bond acceptors (Lipinski definition) is 13. The van der Waals surface area contributed by atoms with E-state index >= 15 is 0 Å². The van der Waals surface area contributed by atoms with Crippen molar-refractivity contribution in [2.45, 2.75) is 117 Å². The molecular formula is C43H59N6O10PS. The molecule has 4 amide bonds. The zero-order chi connectivity index (χ0) is 44.3. The van der Waals surface area contributed by atoms with Crippen LogP contribution < -0.4 is 25.4 Å². The van der Waals surface area contributed by atoms with Crippen LogP contribution in [0.5, 0.6) is 11.5 Å². The molecular weight excluding hydrogens is 824 g/mol. The van der Waals surface area contributed by atoms with Crippen LogP contribution in [-0.4, -0.2) is 95.1 Å². The van der Waals surface area contributed by atoms with E-state index in [2.05, 4.69) is 27.5 Å². The maximum Gasteiger partial charge on any atom is 0.408 e. The molecule has 1 saturated heterocycles. The van der Waals surface area contributed by atoms with Gasteiger partial charge in [0, 0.05) is 41.2 Å². The van der Waals surface area contributed by atoms with E-state index in [-0.39, 0.29) is 50.5 Å². The monoisotopic (exact) mass is 882 g/mol. The number of fused-ring (bicyclic) bond motifs is 1. The minimum atomic E-state index is -3.91. The molecule has 6 rings (SSSR count). The van der Waals surface area contributed by atoms with Gasteiger partial charge in [-0.05, 0) is 63.5 Å². The second-order valence-corrected chi connectivity index (χ2v) is 20.3. The summed E-state index contributed by atoms with van der Waals surface area (Å²) in [5.74, 6) is -0.913. The van der Waals surface area contributed by atoms with Crippen molar-refractivity contribution in [1.29, 1.82) is 0 Å². The number of hydrogen-bond donors (Lipinski definition) is 3. The lowest BCUT2D eigenvalue weighted by Gasteiger charge is -2.36. The molecule has 2 aliphatic carbocycles. The number of carbonyl (C=O) groups excluding carboxylic acids is 4. The summed E-state index contributed by atoms with van der Waals surface area (Å²) in [4.78, 5) is 66.2. The molecule has 3 aliphatic rings. The van der Waals surface area contributed by atoms with Gasteiger partial charge in [0.05, 0.1) is 38.1 Å². The van der Waals surface area contributed by atoms with E-state index < -0.39 is 60.3 Å². The molecule has 18 heteroatoms. The van der Waals surface area contributed by atoms with Crippen LogP contribution in [0.3, 0.4) is 0 Å². The fraction of sp³-hybridized carbons (Fsp3) is 0.581. The number of aromatic nitrogens is 2. The van der Waals surface area contributed by atoms with Crippen molar-refractivity contribution in [2.75, 3.05) is 32.2 Å². The van der Waals surface area contributed by atoms with Crippen LogP contribution in [0.1, 0.15) is 87.0 Å². The molecule has 3 fully saturated rings. The molecule has 3 aromatic rings. The number of rotatable bonds is 17. The molecule has 1 aliphatic heterocycles. The van der Waals surface area contributed by atoms with Crippen molar-refractivity contribution < 1.29 is 47.0 Å². The second-order valence-electron chi connectivity index (χ2n) is 17.1. The molecule has 2 unspecified atom stereocenters. The first kappa shape index (κ1) is 45.9. The Kier molecular flexibility index (Phi) is 14.2. The Hall–Kier alpha value is -4.57. The SMILES string of the molecule is C=C[C@@H]1C[C@]1(NC(=O)C1C[C@@H](Oc2cc(-c3csc(NC(=O)C(C)C)n3)nc3cc(OC)ccc23)CN1C(=O)C(NC(=O)OC1CCCC1)C(C)(C)C)P(=O)(OCC)OCC. The number of thiazole rings is 1. The van der Waals surface area contributed by atoms with Gasteiger partial charge in [0.1, 0.15) is 46.8 Å². The van der Waals surface area contributed by atoms with E-state index in [1.807, 2.05) is 26.8 Å². The maximum absolute atomic E-state index is 14.9. The number of nitrogens with zero attached hydrogens (tertiary/aromatic N) is 3. The zero-order valence-corrected chi connectivity index (χ0v) is 38.0. The minimum Gasteiger partial charge on any atom is -0.497 e. The van der Waals surface area contributed by atoms with Gasteiger partial charge in [-0.15, -0.1) is 17.9 Å². The van der Waals surface area contributed by atoms with E-state index in [0.717, 1.165) is 25.7 Å². The molecule has 1 aromatic carbocycles. The van der Waals surface area contributed by atoms with Crippen LogP contribution in [0.25, 0.3) is 22.3 Å². The number of amides is 4. The Morgan fingerprint density at radius 3 is 2.36 bits per heavy atom. The van der Waals surface area contributed by atoms with Gasteiger partial charge in [0.25, 0.3) is 0 Å². The molecule has 2 aromatic heterocycles. The summed E-state index contributed by atoms with van der Waals surface area (Å²) in [7, 11) is -2.35. The van der Waals surface area contributed by atoms with Gasteiger partial charge in [-0.25, -0.2) is 14.8 Å². The summed E-state index contributed by atoms with van der Waals surface area (Å²) in [6.07, 6.45) is 3.70. The van der Waals surface area contributed by atoms with Gasteiger partial charge in [0.2, 0.25) is 17.7 Å². The van der Waals surface area contributed by atoms with E-state index in [0.29, 0.717) is 38.9 Å². The Bertz CT molecular complexity index is 2160. The smallest absolute Gasteiger partial charge is 0.408 e. The molecule has 3 N–H and O–H groups in total. The second kappa shape index (κ2) is 18.8. The summed E-state index contributed by atoms with van der Waals surface area (Å²) in [6, 6.07) is 4.91. The summed E-state index contributed by atoms with van der Waals surface area (Å²) in [5, 5.41) is 10.1. The first-order valence-corrected chi connectivity index (χ1v) is 23.4. The van der Waals surface area contributed by atoms with Gasteiger partial charge >= 0.3 is 13.7 Å². The number of pyridine rings is 1. The lowest BCUT2D eigenvalue weighted by Crippen LogP contribution is -2.58. The number of benzene rings is 1. The average molecular weight is 883 g/mol. The number of ether oxygens (including phenoxy) is 3. The standard InChI is InChI=1S/C43H59N6O10PS/c1-10-26-22-43(26,60(54,56-11-2)57-12-3)48-38(51)34-20-29(23-49(34)39(52)36(42(6,7)8)46-41(53)59-27-15-13-14-16-27)58-35-21-32(44-31-19-28(55-9)17-18-30(31)35)33-24-61-40(45-33)47-37(50)25(4)5/h10,17-19,21,24-27,29,34,36H,1,11-16,20,22-23H2,2-9H3,(H,46,53)(H,48,51)(H,45,47,50)/t26-,29-,34?,36?,43+/m1/s1. The van der Waals surface area contributed by atoms with E-state index in [9.17, 15) is 23.7 Å². The van der Waals surface area contributed by atoms with Gasteiger partial charge in [-0.3, -0.25) is 18.9 Å². The molecule has 0 bridgehead atoms. The van der Waals surface area contributed by atoms with Gasteiger partial charge < -0.3 is 44.1 Å². The van der Waals surface area contributed by atoms with Crippen LogP contribution in [0, 0.1) is 17.3 Å². The normalized spacial score (nSPS) is 22.2. The van der Waals surface area contributed by atoms with E-state index in [1.165, 1.54) is 16.2 Å². The predicted octanol–water partition coefficient (Wildman–Crippen LogP) is 7.68. The number of nitrogens with one attached hydrogen (secondary N) is 3. The maximum atomic E-state index is 14.9. The molecule has 0 radical (unpaired) electrons. The van der Waals surface area contributed by atoms with Crippen molar-refractivity contribution in [3.8, 4) is 22.9 Å². The van der Waals surface area contributed by atoms with E-state index in [4.69, 9.17) is 28.2 Å².